The molecule has 0 spiro atoms. The Bertz CT molecular complexity index is 1150. The summed E-state index contributed by atoms with van der Waals surface area (Å²) in [5.41, 5.74) is 1.50. The summed E-state index contributed by atoms with van der Waals surface area (Å²) in [4.78, 5) is 42.9. The van der Waals surface area contributed by atoms with Crippen LogP contribution in [-0.2, 0) is 16.0 Å². The molecule has 1 N–H and O–H groups in total. The van der Waals surface area contributed by atoms with Crippen molar-refractivity contribution in [1.29, 1.82) is 0 Å². The molecule has 1 saturated heterocycles. The van der Waals surface area contributed by atoms with Gasteiger partial charge in [0, 0.05) is 18.5 Å². The molecule has 9 heteroatoms. The molecule has 1 aliphatic rings. The number of nitrogens with zero attached hydrogens (tertiary/aromatic N) is 2. The first-order chi connectivity index (χ1) is 15.0. The van der Waals surface area contributed by atoms with Crippen molar-refractivity contribution >= 4 is 46.2 Å². The molecule has 4 rings (SSSR count). The van der Waals surface area contributed by atoms with E-state index in [2.05, 4.69) is 10.3 Å². The van der Waals surface area contributed by atoms with Crippen molar-refractivity contribution in [3.63, 3.8) is 0 Å². The van der Waals surface area contributed by atoms with E-state index in [1.54, 1.807) is 6.08 Å². The first-order valence-electron chi connectivity index (χ1n) is 9.58. The topological polar surface area (TPSA) is 92.5 Å². The molecular formula is C22H19N3O4S2. The molecule has 0 saturated carbocycles. The summed E-state index contributed by atoms with van der Waals surface area (Å²) >= 11 is 2.32. The molecule has 0 bridgehead atoms. The van der Waals surface area contributed by atoms with E-state index in [1.165, 1.54) is 11.3 Å². The molecule has 3 amide bonds. The maximum absolute atomic E-state index is 12.5. The fourth-order valence-electron chi connectivity index (χ4n) is 2.98. The second-order valence-corrected chi connectivity index (χ2v) is 8.68. The zero-order valence-electron chi connectivity index (χ0n) is 16.7. The van der Waals surface area contributed by atoms with Gasteiger partial charge < -0.3 is 9.73 Å². The minimum atomic E-state index is -0.342. The van der Waals surface area contributed by atoms with E-state index < -0.39 is 0 Å². The average Bonchev–Trinajstić information content (AvgIpc) is 3.45. The van der Waals surface area contributed by atoms with Crippen LogP contribution in [0.25, 0.3) is 16.8 Å². The number of rotatable bonds is 7. The normalized spacial score (nSPS) is 15.1. The highest BCUT2D eigenvalue weighted by Gasteiger charge is 2.34. The van der Waals surface area contributed by atoms with Crippen LogP contribution >= 0.6 is 23.1 Å². The molecule has 1 fully saturated rings. The highest BCUT2D eigenvalue weighted by Crippen LogP contribution is 2.31. The second kappa shape index (κ2) is 9.32. The van der Waals surface area contributed by atoms with Crippen molar-refractivity contribution in [2.45, 2.75) is 13.3 Å². The molecule has 2 aromatic heterocycles. The summed E-state index contributed by atoms with van der Waals surface area (Å²) in [6, 6.07) is 13.1. The molecule has 7 nitrogen and oxygen atoms in total. The van der Waals surface area contributed by atoms with E-state index >= 15 is 0 Å². The number of carbonyl (C=O) groups is 3. The van der Waals surface area contributed by atoms with Crippen molar-refractivity contribution < 1.29 is 18.8 Å². The third-order valence-corrected chi connectivity index (χ3v) is 6.29. The van der Waals surface area contributed by atoms with Gasteiger partial charge in [-0.15, -0.1) is 11.3 Å². The number of benzene rings is 1. The maximum atomic E-state index is 12.5. The van der Waals surface area contributed by atoms with Crippen LogP contribution in [0.1, 0.15) is 17.0 Å². The molecule has 0 aliphatic carbocycles. The lowest BCUT2D eigenvalue weighted by molar-refractivity contribution is -0.124. The summed E-state index contributed by atoms with van der Waals surface area (Å²) in [5.74, 6) is 0.915. The number of hydrogen-bond acceptors (Lipinski definition) is 7. The van der Waals surface area contributed by atoms with Gasteiger partial charge in [-0.1, -0.05) is 30.3 Å². The van der Waals surface area contributed by atoms with Crippen molar-refractivity contribution in [2.24, 2.45) is 0 Å². The van der Waals surface area contributed by atoms with Gasteiger partial charge in [-0.05, 0) is 42.5 Å². The highest BCUT2D eigenvalue weighted by atomic mass is 32.2. The average molecular weight is 454 g/mol. The van der Waals surface area contributed by atoms with Crippen molar-refractivity contribution in [1.82, 2.24) is 15.2 Å². The fourth-order valence-corrected chi connectivity index (χ4v) is 4.62. The number of imide groups is 1. The molecule has 1 aliphatic heterocycles. The van der Waals surface area contributed by atoms with Crippen LogP contribution in [0.5, 0.6) is 0 Å². The van der Waals surface area contributed by atoms with Gasteiger partial charge in [0.1, 0.15) is 5.76 Å². The molecule has 0 atom stereocenters. The smallest absolute Gasteiger partial charge is 0.293 e. The van der Waals surface area contributed by atoms with E-state index in [-0.39, 0.29) is 36.6 Å². The summed E-state index contributed by atoms with van der Waals surface area (Å²) in [7, 11) is 0. The Kier molecular flexibility index (Phi) is 6.34. The van der Waals surface area contributed by atoms with E-state index in [4.69, 9.17) is 4.42 Å². The number of furan rings is 1. The minimum absolute atomic E-state index is 0.117. The zero-order valence-corrected chi connectivity index (χ0v) is 18.3. The fraction of sp³-hybridized carbons (Fsp3) is 0.182. The largest absolute Gasteiger partial charge is 0.459 e. The SMILES string of the molecule is Cc1ccc(-c2nc(CC(=O)NCCN3C(=O)S/C(=C\c4ccccc4)C3=O)cs2)o1. The summed E-state index contributed by atoms with van der Waals surface area (Å²) in [5, 5.41) is 4.95. The van der Waals surface area contributed by atoms with E-state index in [1.807, 2.05) is 54.8 Å². The summed E-state index contributed by atoms with van der Waals surface area (Å²) in [6.45, 7) is 2.17. The van der Waals surface area contributed by atoms with Crippen LogP contribution in [0.2, 0.25) is 0 Å². The molecule has 1 aromatic carbocycles. The number of amides is 3. The van der Waals surface area contributed by atoms with Gasteiger partial charge in [0.15, 0.2) is 10.8 Å². The molecule has 31 heavy (non-hydrogen) atoms. The van der Waals surface area contributed by atoms with Gasteiger partial charge in [-0.2, -0.15) is 0 Å². The van der Waals surface area contributed by atoms with Gasteiger partial charge in [0.05, 0.1) is 17.0 Å². The number of carbonyl (C=O) groups excluding carboxylic acids is 3. The number of aryl methyl sites for hydroxylation is 1. The quantitative estimate of drug-likeness (QED) is 0.542. The van der Waals surface area contributed by atoms with Crippen LogP contribution in [0.3, 0.4) is 0 Å². The predicted octanol–water partition coefficient (Wildman–Crippen LogP) is 4.11. The molecule has 3 aromatic rings. The van der Waals surface area contributed by atoms with Crippen molar-refractivity contribution in [3.05, 3.63) is 69.8 Å². The number of aromatic nitrogens is 1. The van der Waals surface area contributed by atoms with E-state index in [0.717, 1.165) is 33.0 Å². The lowest BCUT2D eigenvalue weighted by Crippen LogP contribution is -2.37. The molecular weight excluding hydrogens is 434 g/mol. The van der Waals surface area contributed by atoms with Crippen molar-refractivity contribution in [2.75, 3.05) is 13.1 Å². The van der Waals surface area contributed by atoms with Gasteiger partial charge in [0.2, 0.25) is 5.91 Å². The Morgan fingerprint density at radius 2 is 2.00 bits per heavy atom. The second-order valence-electron chi connectivity index (χ2n) is 6.83. The standard InChI is InChI=1S/C22H19N3O4S2/c1-14-7-8-17(29-14)20-24-16(13-30-20)12-19(26)23-9-10-25-21(27)18(31-22(25)28)11-15-5-3-2-4-6-15/h2-8,11,13H,9-10,12H2,1H3,(H,23,26)/b18-11-. The summed E-state index contributed by atoms with van der Waals surface area (Å²) < 4.78 is 5.55. The van der Waals surface area contributed by atoms with Crippen LogP contribution in [0.4, 0.5) is 4.79 Å². The van der Waals surface area contributed by atoms with E-state index in [0.29, 0.717) is 16.4 Å². The molecule has 3 heterocycles. The number of thiazole rings is 1. The van der Waals surface area contributed by atoms with Crippen LogP contribution in [-0.4, -0.2) is 40.0 Å². The first-order valence-corrected chi connectivity index (χ1v) is 11.3. The van der Waals surface area contributed by atoms with Gasteiger partial charge >= 0.3 is 0 Å². The Morgan fingerprint density at radius 1 is 1.19 bits per heavy atom. The lowest BCUT2D eigenvalue weighted by atomic mass is 10.2. The number of nitrogens with one attached hydrogen (secondary N) is 1. The third-order valence-electron chi connectivity index (χ3n) is 4.47. The minimum Gasteiger partial charge on any atom is -0.459 e. The number of thioether (sulfide) groups is 1. The first kappa shape index (κ1) is 21.1. The highest BCUT2D eigenvalue weighted by molar-refractivity contribution is 8.18. The zero-order chi connectivity index (χ0) is 21.8. The predicted molar refractivity (Wildman–Crippen MR) is 120 cm³/mol. The van der Waals surface area contributed by atoms with Crippen LogP contribution in [0, 0.1) is 6.92 Å². The molecule has 0 radical (unpaired) electrons. The van der Waals surface area contributed by atoms with Gasteiger partial charge in [-0.25, -0.2) is 4.98 Å². The summed E-state index contributed by atoms with van der Waals surface area (Å²) in [6.07, 6.45) is 1.82. The number of hydrogen-bond donors (Lipinski definition) is 1. The Labute approximate surface area is 187 Å². The van der Waals surface area contributed by atoms with Crippen molar-refractivity contribution in [3.8, 4) is 10.8 Å². The third kappa shape index (κ3) is 5.12. The van der Waals surface area contributed by atoms with Crippen LogP contribution < -0.4 is 5.32 Å². The Hall–Kier alpha value is -3.17. The van der Waals surface area contributed by atoms with Gasteiger partial charge in [0.25, 0.3) is 11.1 Å². The maximum Gasteiger partial charge on any atom is 0.293 e. The lowest BCUT2D eigenvalue weighted by Gasteiger charge is -2.12. The molecule has 0 unspecified atom stereocenters. The van der Waals surface area contributed by atoms with Crippen LogP contribution in [0.15, 0.2) is 57.2 Å². The monoisotopic (exact) mass is 453 g/mol. The molecule has 158 valence electrons. The Balaban J connectivity index is 1.28. The Morgan fingerprint density at radius 3 is 2.74 bits per heavy atom. The van der Waals surface area contributed by atoms with Gasteiger partial charge in [-0.3, -0.25) is 19.3 Å². The van der Waals surface area contributed by atoms with E-state index in [9.17, 15) is 14.4 Å².